The maximum absolute atomic E-state index is 13.6. The third-order valence-corrected chi connectivity index (χ3v) is 9.16. The van der Waals surface area contributed by atoms with Crippen molar-refractivity contribution in [1.29, 1.82) is 0 Å². The number of thiazole rings is 1. The molecule has 1 fully saturated rings. The zero-order valence-corrected chi connectivity index (χ0v) is 23.5. The summed E-state index contributed by atoms with van der Waals surface area (Å²) in [5.74, 6) is -0.0233. The first-order chi connectivity index (χ1) is 19.3. The van der Waals surface area contributed by atoms with E-state index in [-0.39, 0.29) is 43.2 Å². The molecular weight excluding hydrogens is 554 g/mol. The highest BCUT2D eigenvalue weighted by Gasteiger charge is 2.31. The Morgan fingerprint density at radius 2 is 1.88 bits per heavy atom. The molecule has 0 radical (unpaired) electrons. The molecule has 0 spiro atoms. The minimum atomic E-state index is -3.82. The molecule has 1 aliphatic heterocycles. The summed E-state index contributed by atoms with van der Waals surface area (Å²) in [6.45, 7) is 4.72. The number of aryl methyl sites for hydroxylation is 1. The highest BCUT2D eigenvalue weighted by molar-refractivity contribution is 7.89. The second kappa shape index (κ2) is 11.6. The molecule has 0 unspecified atom stereocenters. The van der Waals surface area contributed by atoms with E-state index in [1.807, 2.05) is 25.1 Å². The van der Waals surface area contributed by atoms with Gasteiger partial charge in [0.1, 0.15) is 5.76 Å². The molecule has 0 atom stereocenters. The number of piperazine rings is 1. The number of benzene rings is 2. The monoisotopic (exact) mass is 581 g/mol. The number of hydrogen-bond donors (Lipinski definition) is 0. The van der Waals surface area contributed by atoms with Crippen LogP contribution in [0.1, 0.15) is 28.6 Å². The van der Waals surface area contributed by atoms with Crippen LogP contribution >= 0.6 is 11.3 Å². The normalized spacial score (nSPS) is 14.6. The van der Waals surface area contributed by atoms with Crippen LogP contribution in [0.5, 0.6) is 0 Å². The van der Waals surface area contributed by atoms with Crippen LogP contribution in [0.3, 0.4) is 0 Å². The Labute approximate surface area is 235 Å². The molecule has 5 rings (SSSR count). The number of aromatic nitrogens is 1. The average Bonchev–Trinajstić information content (AvgIpc) is 3.63. The fraction of sp³-hybridized carbons (Fsp3) is 0.259. The predicted molar refractivity (Wildman–Crippen MR) is 151 cm³/mol. The third-order valence-electron chi connectivity index (χ3n) is 6.25. The van der Waals surface area contributed by atoms with Crippen molar-refractivity contribution in [3.63, 3.8) is 0 Å². The van der Waals surface area contributed by atoms with E-state index in [4.69, 9.17) is 9.15 Å². The van der Waals surface area contributed by atoms with Gasteiger partial charge in [-0.25, -0.2) is 18.2 Å². The summed E-state index contributed by atoms with van der Waals surface area (Å²) in [6, 6.07) is 14.9. The first-order valence-corrected chi connectivity index (χ1v) is 14.8. The smallest absolute Gasteiger partial charge is 0.409 e. The summed E-state index contributed by atoms with van der Waals surface area (Å²) in [4.78, 5) is 31.7. The number of amides is 2. The van der Waals surface area contributed by atoms with Gasteiger partial charge in [-0.05, 0) is 67.9 Å². The van der Waals surface area contributed by atoms with E-state index in [1.165, 1.54) is 62.3 Å². The van der Waals surface area contributed by atoms with E-state index in [2.05, 4.69) is 10.1 Å². The van der Waals surface area contributed by atoms with Crippen molar-refractivity contribution in [2.45, 2.75) is 18.7 Å². The summed E-state index contributed by atoms with van der Waals surface area (Å²) in [6.07, 6.45) is 2.47. The Morgan fingerprint density at radius 3 is 2.55 bits per heavy atom. The molecule has 13 heteroatoms. The molecule has 2 aromatic heterocycles. The molecule has 3 heterocycles. The summed E-state index contributed by atoms with van der Waals surface area (Å²) in [5, 5.41) is 5.90. The van der Waals surface area contributed by atoms with E-state index in [0.717, 1.165) is 15.8 Å². The van der Waals surface area contributed by atoms with Gasteiger partial charge in [0.25, 0.3) is 5.91 Å². The van der Waals surface area contributed by atoms with Crippen LogP contribution in [0, 0.1) is 6.92 Å². The van der Waals surface area contributed by atoms with E-state index in [0.29, 0.717) is 10.9 Å². The topological polar surface area (TPSA) is 126 Å². The molecule has 4 aromatic rings. The number of carbonyl (C=O) groups is 2. The lowest BCUT2D eigenvalue weighted by atomic mass is 10.2. The molecule has 0 N–H and O–H groups in total. The van der Waals surface area contributed by atoms with Crippen LogP contribution in [0.15, 0.2) is 75.3 Å². The van der Waals surface area contributed by atoms with Gasteiger partial charge in [0.15, 0.2) is 0 Å². The van der Waals surface area contributed by atoms with Crippen LogP contribution in [-0.4, -0.2) is 73.6 Å². The molecule has 40 heavy (non-hydrogen) atoms. The first-order valence-electron chi connectivity index (χ1n) is 12.6. The largest absolute Gasteiger partial charge is 0.463 e. The molecular formula is C27H27N5O6S2. The zero-order valence-electron chi connectivity index (χ0n) is 21.9. The predicted octanol–water partition coefficient (Wildman–Crippen LogP) is 4.34. The highest BCUT2D eigenvalue weighted by Crippen LogP contribution is 2.31. The van der Waals surface area contributed by atoms with Crippen LogP contribution in [0.25, 0.3) is 10.2 Å². The quantitative estimate of drug-likeness (QED) is 0.235. The maximum Gasteiger partial charge on any atom is 0.409 e. The van der Waals surface area contributed by atoms with E-state index >= 15 is 0 Å². The number of anilines is 1. The Balaban J connectivity index is 1.37. The lowest BCUT2D eigenvalue weighted by molar-refractivity contribution is 0.0933. The summed E-state index contributed by atoms with van der Waals surface area (Å²) >= 11 is 1.32. The molecule has 1 aliphatic rings. The Hall–Kier alpha value is -4.07. The fourth-order valence-corrected chi connectivity index (χ4v) is 6.59. The second-order valence-corrected chi connectivity index (χ2v) is 11.9. The van der Waals surface area contributed by atoms with Crippen LogP contribution in [-0.2, 0) is 14.8 Å². The van der Waals surface area contributed by atoms with E-state index in [1.54, 1.807) is 19.1 Å². The molecule has 0 saturated carbocycles. The Bertz CT molecular complexity index is 1640. The number of fused-ring (bicyclic) bond motifs is 1. The van der Waals surface area contributed by atoms with Gasteiger partial charge >= 0.3 is 6.09 Å². The van der Waals surface area contributed by atoms with Crippen molar-refractivity contribution in [1.82, 2.24) is 14.2 Å². The van der Waals surface area contributed by atoms with Crippen molar-refractivity contribution in [2.24, 2.45) is 5.10 Å². The van der Waals surface area contributed by atoms with Crippen LogP contribution in [0.4, 0.5) is 9.93 Å². The molecule has 2 amide bonds. The Morgan fingerprint density at radius 1 is 1.12 bits per heavy atom. The number of ether oxygens (including phenoxy) is 1. The number of furan rings is 1. The van der Waals surface area contributed by atoms with Gasteiger partial charge in [0.05, 0.1) is 34.2 Å². The molecule has 208 valence electrons. The van der Waals surface area contributed by atoms with Gasteiger partial charge in [-0.1, -0.05) is 17.4 Å². The van der Waals surface area contributed by atoms with Crippen molar-refractivity contribution < 1.29 is 27.2 Å². The van der Waals surface area contributed by atoms with E-state index < -0.39 is 22.0 Å². The number of carbonyl (C=O) groups excluding carboxylic acids is 2. The van der Waals surface area contributed by atoms with Gasteiger partial charge in [0.2, 0.25) is 15.2 Å². The van der Waals surface area contributed by atoms with Crippen molar-refractivity contribution in [3.05, 3.63) is 77.7 Å². The average molecular weight is 582 g/mol. The summed E-state index contributed by atoms with van der Waals surface area (Å²) < 4.78 is 39.0. The molecule has 0 bridgehead atoms. The minimum absolute atomic E-state index is 0.0507. The van der Waals surface area contributed by atoms with Crippen molar-refractivity contribution in [2.75, 3.05) is 37.8 Å². The summed E-state index contributed by atoms with van der Waals surface area (Å²) in [5.41, 5.74) is 2.04. The van der Waals surface area contributed by atoms with Gasteiger partial charge in [-0.2, -0.15) is 14.4 Å². The number of rotatable bonds is 7. The number of sulfonamides is 1. The zero-order chi connectivity index (χ0) is 28.3. The third kappa shape index (κ3) is 5.76. The first kappa shape index (κ1) is 27.5. The second-order valence-electron chi connectivity index (χ2n) is 8.96. The van der Waals surface area contributed by atoms with Crippen LogP contribution in [0.2, 0.25) is 0 Å². The number of nitrogens with zero attached hydrogens (tertiary/aromatic N) is 5. The molecule has 1 saturated heterocycles. The standard InChI is InChI=1S/C27H27N5O6S2/c1-3-37-27(34)30-12-14-31(15-13-30)40(35,36)22-9-7-20(8-10-22)25(33)32(28-18-21-5-4-16-38-21)26-29-23-11-6-19(2)17-24(23)39-26/h4-11,16-18H,3,12-15H2,1-2H3/b28-18+. The number of hydrazone groups is 1. The van der Waals surface area contributed by atoms with Crippen molar-refractivity contribution >= 4 is 54.9 Å². The highest BCUT2D eigenvalue weighted by atomic mass is 32.2. The lowest BCUT2D eigenvalue weighted by Crippen LogP contribution is -2.50. The van der Waals surface area contributed by atoms with Crippen molar-refractivity contribution in [3.8, 4) is 0 Å². The number of hydrogen-bond acceptors (Lipinski definition) is 9. The fourth-order valence-electron chi connectivity index (χ4n) is 4.14. The van der Waals surface area contributed by atoms with Gasteiger partial charge in [0, 0.05) is 31.7 Å². The summed E-state index contributed by atoms with van der Waals surface area (Å²) in [7, 11) is -3.82. The molecule has 2 aromatic carbocycles. The van der Waals surface area contributed by atoms with Gasteiger partial charge < -0.3 is 14.1 Å². The molecule has 0 aliphatic carbocycles. The van der Waals surface area contributed by atoms with Gasteiger partial charge in [-0.15, -0.1) is 0 Å². The Kier molecular flexibility index (Phi) is 7.96. The lowest BCUT2D eigenvalue weighted by Gasteiger charge is -2.33. The van der Waals surface area contributed by atoms with Gasteiger partial charge in [-0.3, -0.25) is 4.79 Å². The van der Waals surface area contributed by atoms with Crippen LogP contribution < -0.4 is 5.01 Å². The molecule has 11 nitrogen and oxygen atoms in total. The minimum Gasteiger partial charge on any atom is -0.463 e. The van der Waals surface area contributed by atoms with E-state index in [9.17, 15) is 18.0 Å². The maximum atomic E-state index is 13.6. The SMILES string of the molecule is CCOC(=O)N1CCN(S(=O)(=O)c2ccc(C(=O)N(/N=C/c3ccco3)c3nc4ccc(C)cc4s3)cc2)CC1.